The molecule has 2 aromatic rings. The van der Waals surface area contributed by atoms with Gasteiger partial charge in [0.1, 0.15) is 0 Å². The fourth-order valence-electron chi connectivity index (χ4n) is 3.10. The fourth-order valence-corrected chi connectivity index (χ4v) is 3.10. The van der Waals surface area contributed by atoms with Crippen molar-refractivity contribution in [2.75, 3.05) is 18.4 Å². The summed E-state index contributed by atoms with van der Waals surface area (Å²) in [6.45, 7) is 2.82. The van der Waals surface area contributed by atoms with Crippen molar-refractivity contribution in [3.63, 3.8) is 0 Å². The number of hydrogen-bond acceptors (Lipinski definition) is 4. The number of urea groups is 1. The maximum atomic E-state index is 12.1. The number of anilines is 1. The van der Waals surface area contributed by atoms with Gasteiger partial charge in [-0.1, -0.05) is 30.3 Å². The lowest BCUT2D eigenvalue weighted by molar-refractivity contribution is -0.384. The number of nitrogens with zero attached hydrogens (tertiary/aromatic N) is 2. The Morgan fingerprint density at radius 2 is 1.73 bits per heavy atom. The Bertz CT molecular complexity index is 741. The van der Waals surface area contributed by atoms with Crippen molar-refractivity contribution in [2.24, 2.45) is 0 Å². The summed E-state index contributed by atoms with van der Waals surface area (Å²) in [6, 6.07) is 16.0. The van der Waals surface area contributed by atoms with Gasteiger partial charge in [0, 0.05) is 43.5 Å². The third-order valence-corrected chi connectivity index (χ3v) is 4.51. The molecule has 2 aromatic carbocycles. The van der Waals surface area contributed by atoms with Gasteiger partial charge in [0.05, 0.1) is 4.92 Å². The Kier molecular flexibility index (Phi) is 5.80. The minimum absolute atomic E-state index is 0.00162. The Balaban J connectivity index is 1.42. The Morgan fingerprint density at radius 3 is 2.35 bits per heavy atom. The zero-order valence-electron chi connectivity index (χ0n) is 14.4. The van der Waals surface area contributed by atoms with E-state index in [1.54, 1.807) is 0 Å². The molecule has 0 atom stereocenters. The number of carbonyl (C=O) groups excluding carboxylic acids is 1. The number of carbonyl (C=O) groups is 1. The number of rotatable bonds is 5. The molecule has 0 radical (unpaired) electrons. The zero-order valence-corrected chi connectivity index (χ0v) is 14.4. The van der Waals surface area contributed by atoms with Crippen LogP contribution in [0, 0.1) is 10.1 Å². The average Bonchev–Trinajstić information content (AvgIpc) is 2.64. The molecule has 1 heterocycles. The van der Waals surface area contributed by atoms with Gasteiger partial charge >= 0.3 is 6.03 Å². The lowest BCUT2D eigenvalue weighted by Gasteiger charge is -2.32. The number of amides is 2. The molecule has 0 saturated carbocycles. The van der Waals surface area contributed by atoms with Crippen LogP contribution in [-0.2, 0) is 6.54 Å². The van der Waals surface area contributed by atoms with E-state index in [-0.39, 0.29) is 17.8 Å². The molecular formula is C19H22N4O3. The molecule has 1 fully saturated rings. The van der Waals surface area contributed by atoms with Gasteiger partial charge in [-0.3, -0.25) is 15.0 Å². The second-order valence-corrected chi connectivity index (χ2v) is 6.44. The smallest absolute Gasteiger partial charge is 0.319 e. The SMILES string of the molecule is O=C(Nc1ccc([N+](=O)[O-])cc1)NC1CCN(Cc2ccccc2)CC1. The molecule has 1 saturated heterocycles. The molecule has 7 heteroatoms. The van der Waals surface area contributed by atoms with Gasteiger partial charge in [0.15, 0.2) is 0 Å². The fraction of sp³-hybridized carbons (Fsp3) is 0.316. The van der Waals surface area contributed by atoms with Crippen LogP contribution in [0.3, 0.4) is 0 Å². The van der Waals surface area contributed by atoms with E-state index in [4.69, 9.17) is 0 Å². The highest BCUT2D eigenvalue weighted by molar-refractivity contribution is 5.89. The number of non-ortho nitro benzene ring substituents is 1. The van der Waals surface area contributed by atoms with Gasteiger partial charge in [-0.15, -0.1) is 0 Å². The van der Waals surface area contributed by atoms with E-state index in [1.165, 1.54) is 29.8 Å². The van der Waals surface area contributed by atoms with Gasteiger partial charge in [0.25, 0.3) is 5.69 Å². The van der Waals surface area contributed by atoms with Gasteiger partial charge in [-0.05, 0) is 30.5 Å². The summed E-state index contributed by atoms with van der Waals surface area (Å²) in [5.74, 6) is 0. The molecule has 1 aliphatic rings. The summed E-state index contributed by atoms with van der Waals surface area (Å²) in [4.78, 5) is 24.7. The van der Waals surface area contributed by atoms with Crippen LogP contribution in [0.2, 0.25) is 0 Å². The van der Waals surface area contributed by atoms with E-state index in [9.17, 15) is 14.9 Å². The molecular weight excluding hydrogens is 332 g/mol. The van der Waals surface area contributed by atoms with Crippen molar-refractivity contribution >= 4 is 17.4 Å². The first-order valence-electron chi connectivity index (χ1n) is 8.68. The van der Waals surface area contributed by atoms with Crippen molar-refractivity contribution in [1.82, 2.24) is 10.2 Å². The first-order valence-corrected chi connectivity index (χ1v) is 8.68. The largest absolute Gasteiger partial charge is 0.335 e. The lowest BCUT2D eigenvalue weighted by atomic mass is 10.0. The highest BCUT2D eigenvalue weighted by atomic mass is 16.6. The quantitative estimate of drug-likeness (QED) is 0.636. The monoisotopic (exact) mass is 354 g/mol. The summed E-state index contributed by atoms with van der Waals surface area (Å²) in [6.07, 6.45) is 1.81. The second-order valence-electron chi connectivity index (χ2n) is 6.44. The molecule has 26 heavy (non-hydrogen) atoms. The first-order chi connectivity index (χ1) is 12.6. The molecule has 0 spiro atoms. The molecule has 136 valence electrons. The van der Waals surface area contributed by atoms with Gasteiger partial charge in [0.2, 0.25) is 0 Å². The number of hydrogen-bond donors (Lipinski definition) is 2. The predicted molar refractivity (Wildman–Crippen MR) is 100.0 cm³/mol. The molecule has 0 unspecified atom stereocenters. The standard InChI is InChI=1S/C19H22N4O3/c24-19(20-16-6-8-18(9-7-16)23(25)26)21-17-10-12-22(13-11-17)14-15-4-2-1-3-5-15/h1-9,17H,10-14H2,(H2,20,21,24). The number of likely N-dealkylation sites (tertiary alicyclic amines) is 1. The van der Waals surface area contributed by atoms with Crippen LogP contribution >= 0.6 is 0 Å². The van der Waals surface area contributed by atoms with E-state index < -0.39 is 4.92 Å². The van der Waals surface area contributed by atoms with E-state index in [2.05, 4.69) is 27.7 Å². The third-order valence-electron chi connectivity index (χ3n) is 4.51. The summed E-state index contributed by atoms with van der Waals surface area (Å²) in [7, 11) is 0. The summed E-state index contributed by atoms with van der Waals surface area (Å²) in [5, 5.41) is 16.3. The van der Waals surface area contributed by atoms with Gasteiger partial charge in [-0.2, -0.15) is 0 Å². The van der Waals surface area contributed by atoms with E-state index in [0.717, 1.165) is 32.5 Å². The molecule has 3 rings (SSSR count). The van der Waals surface area contributed by atoms with Crippen molar-refractivity contribution in [3.05, 3.63) is 70.3 Å². The molecule has 0 aliphatic carbocycles. The van der Waals surface area contributed by atoms with E-state index in [0.29, 0.717) is 5.69 Å². The number of nitrogens with one attached hydrogen (secondary N) is 2. The molecule has 0 aromatic heterocycles. The molecule has 2 N–H and O–H groups in total. The second kappa shape index (κ2) is 8.44. The van der Waals surface area contributed by atoms with Gasteiger partial charge < -0.3 is 10.6 Å². The van der Waals surface area contributed by atoms with Crippen LogP contribution in [0.15, 0.2) is 54.6 Å². The predicted octanol–water partition coefficient (Wildman–Crippen LogP) is 3.38. The van der Waals surface area contributed by atoms with Crippen LogP contribution in [0.5, 0.6) is 0 Å². The van der Waals surface area contributed by atoms with Crippen LogP contribution in [0.25, 0.3) is 0 Å². The first kappa shape index (κ1) is 17.9. The molecule has 2 amide bonds. The molecule has 7 nitrogen and oxygen atoms in total. The van der Waals surface area contributed by atoms with Crippen LogP contribution in [0.1, 0.15) is 18.4 Å². The molecule has 0 bridgehead atoms. The zero-order chi connectivity index (χ0) is 18.4. The number of benzene rings is 2. The summed E-state index contributed by atoms with van der Waals surface area (Å²) >= 11 is 0. The maximum absolute atomic E-state index is 12.1. The number of nitro benzene ring substituents is 1. The number of piperidine rings is 1. The lowest BCUT2D eigenvalue weighted by Crippen LogP contribution is -2.45. The molecule has 1 aliphatic heterocycles. The highest BCUT2D eigenvalue weighted by Gasteiger charge is 2.20. The van der Waals surface area contributed by atoms with Gasteiger partial charge in [-0.25, -0.2) is 4.79 Å². The highest BCUT2D eigenvalue weighted by Crippen LogP contribution is 2.16. The van der Waals surface area contributed by atoms with Crippen molar-refractivity contribution in [3.8, 4) is 0 Å². The Labute approximate surface area is 152 Å². The van der Waals surface area contributed by atoms with Crippen molar-refractivity contribution < 1.29 is 9.72 Å². The maximum Gasteiger partial charge on any atom is 0.319 e. The van der Waals surface area contributed by atoms with Crippen LogP contribution in [-0.4, -0.2) is 35.0 Å². The summed E-state index contributed by atoms with van der Waals surface area (Å²) < 4.78 is 0. The van der Waals surface area contributed by atoms with E-state index in [1.807, 2.05) is 18.2 Å². The van der Waals surface area contributed by atoms with Crippen molar-refractivity contribution in [1.29, 1.82) is 0 Å². The minimum Gasteiger partial charge on any atom is -0.335 e. The topological polar surface area (TPSA) is 87.5 Å². The van der Waals surface area contributed by atoms with Crippen LogP contribution < -0.4 is 10.6 Å². The third kappa shape index (κ3) is 5.03. The average molecular weight is 354 g/mol. The summed E-state index contributed by atoms with van der Waals surface area (Å²) in [5.41, 5.74) is 1.84. The van der Waals surface area contributed by atoms with Crippen LogP contribution in [0.4, 0.5) is 16.2 Å². The minimum atomic E-state index is -0.465. The normalized spacial score (nSPS) is 15.4. The van der Waals surface area contributed by atoms with Crippen molar-refractivity contribution in [2.45, 2.75) is 25.4 Å². The number of nitro groups is 1. The Morgan fingerprint density at radius 1 is 1.08 bits per heavy atom. The Hall–Kier alpha value is -2.93. The van der Waals surface area contributed by atoms with E-state index >= 15 is 0 Å².